The van der Waals surface area contributed by atoms with Gasteiger partial charge >= 0.3 is 0 Å². The van der Waals surface area contributed by atoms with Gasteiger partial charge in [0.2, 0.25) is 10.0 Å². The lowest BCUT2D eigenvalue weighted by atomic mass is 10.1. The van der Waals surface area contributed by atoms with Gasteiger partial charge in [-0.1, -0.05) is 6.07 Å². The summed E-state index contributed by atoms with van der Waals surface area (Å²) in [5.74, 6) is 1.04. The van der Waals surface area contributed by atoms with E-state index < -0.39 is 10.0 Å². The van der Waals surface area contributed by atoms with Gasteiger partial charge in [-0.25, -0.2) is 22.5 Å². The summed E-state index contributed by atoms with van der Waals surface area (Å²) in [4.78, 5) is 4.77. The van der Waals surface area contributed by atoms with Gasteiger partial charge in [0.1, 0.15) is 5.82 Å². The minimum absolute atomic E-state index is 0.218. The van der Waals surface area contributed by atoms with Crippen LogP contribution in [0.3, 0.4) is 0 Å². The third-order valence-electron chi connectivity index (χ3n) is 4.04. The molecule has 0 saturated carbocycles. The number of aromatic nitrogens is 1. The Hall–Kier alpha value is -2.04. The van der Waals surface area contributed by atoms with Crippen molar-refractivity contribution in [1.82, 2.24) is 19.9 Å². The first kappa shape index (κ1) is 23.2. The van der Waals surface area contributed by atoms with Crippen LogP contribution in [0.2, 0.25) is 0 Å². The smallest absolute Gasteiger partial charge is 0.242 e. The standard InChI is InChI=1S/C19H28FN5O2S2/c1-4-21-19(23-12-15-5-6-17(20)11-16(15)14-28-3)22-8-9-24-29(26,27)18-7-10-25(2)13-18/h5-7,10-11,13,24H,4,8-9,12,14H2,1-3H3,(H2,21,22,23). The molecule has 7 nitrogen and oxygen atoms in total. The molecule has 1 heterocycles. The zero-order valence-electron chi connectivity index (χ0n) is 16.9. The summed E-state index contributed by atoms with van der Waals surface area (Å²) in [6.07, 6.45) is 5.21. The third kappa shape index (κ3) is 7.37. The molecule has 2 aromatic rings. The number of hydrogen-bond acceptors (Lipinski definition) is 4. The van der Waals surface area contributed by atoms with E-state index in [9.17, 15) is 12.8 Å². The Morgan fingerprint density at radius 1 is 1.21 bits per heavy atom. The van der Waals surface area contributed by atoms with Crippen molar-refractivity contribution in [2.75, 3.05) is 25.9 Å². The monoisotopic (exact) mass is 441 g/mol. The van der Waals surface area contributed by atoms with Crippen LogP contribution in [0.15, 0.2) is 46.5 Å². The van der Waals surface area contributed by atoms with Crippen LogP contribution in [-0.2, 0) is 29.4 Å². The number of benzene rings is 1. The molecule has 160 valence electrons. The fourth-order valence-corrected chi connectivity index (χ4v) is 4.29. The average Bonchev–Trinajstić information content (AvgIpc) is 3.12. The summed E-state index contributed by atoms with van der Waals surface area (Å²) >= 11 is 1.63. The van der Waals surface area contributed by atoms with E-state index in [-0.39, 0.29) is 17.3 Å². The average molecular weight is 442 g/mol. The largest absolute Gasteiger partial charge is 0.357 e. The molecule has 0 unspecified atom stereocenters. The molecule has 10 heteroatoms. The van der Waals surface area contributed by atoms with Crippen molar-refractivity contribution in [1.29, 1.82) is 0 Å². The van der Waals surface area contributed by atoms with E-state index in [2.05, 4.69) is 20.3 Å². The zero-order chi connectivity index (χ0) is 21.3. The van der Waals surface area contributed by atoms with E-state index in [1.165, 1.54) is 6.07 Å². The summed E-state index contributed by atoms with van der Waals surface area (Å²) in [5.41, 5.74) is 1.88. The highest BCUT2D eigenvalue weighted by molar-refractivity contribution is 7.97. The first-order valence-electron chi connectivity index (χ1n) is 9.25. The molecule has 0 aliphatic heterocycles. The number of aliphatic imine (C=N–C) groups is 1. The maximum absolute atomic E-state index is 13.5. The molecule has 0 aliphatic carbocycles. The van der Waals surface area contributed by atoms with Gasteiger partial charge in [-0.05, 0) is 42.5 Å². The predicted molar refractivity (Wildman–Crippen MR) is 117 cm³/mol. The number of aryl methyl sites for hydroxylation is 1. The van der Waals surface area contributed by atoms with E-state index in [1.807, 2.05) is 13.2 Å². The second-order valence-electron chi connectivity index (χ2n) is 6.38. The first-order chi connectivity index (χ1) is 13.9. The second kappa shape index (κ2) is 11.2. The number of hydrogen-bond donors (Lipinski definition) is 3. The van der Waals surface area contributed by atoms with Gasteiger partial charge in [0.15, 0.2) is 5.96 Å². The topological polar surface area (TPSA) is 87.5 Å². The van der Waals surface area contributed by atoms with Crippen LogP contribution in [0.25, 0.3) is 0 Å². The SMILES string of the molecule is CCNC(=NCc1ccc(F)cc1CSC)NCCNS(=O)(=O)c1ccn(C)c1. The van der Waals surface area contributed by atoms with Gasteiger partial charge in [-0.3, -0.25) is 0 Å². The molecule has 29 heavy (non-hydrogen) atoms. The van der Waals surface area contributed by atoms with E-state index in [4.69, 9.17) is 0 Å². The maximum Gasteiger partial charge on any atom is 0.242 e. The van der Waals surface area contributed by atoms with Crippen LogP contribution < -0.4 is 15.4 Å². The molecule has 2 rings (SSSR count). The lowest BCUT2D eigenvalue weighted by Crippen LogP contribution is -2.41. The van der Waals surface area contributed by atoms with Crippen LogP contribution in [-0.4, -0.2) is 44.8 Å². The maximum atomic E-state index is 13.5. The Bertz CT molecular complexity index is 928. The summed E-state index contributed by atoms with van der Waals surface area (Å²) in [6, 6.07) is 6.28. The number of sulfonamides is 1. The van der Waals surface area contributed by atoms with Crippen molar-refractivity contribution in [3.05, 3.63) is 53.6 Å². The van der Waals surface area contributed by atoms with Crippen molar-refractivity contribution in [3.63, 3.8) is 0 Å². The molecular weight excluding hydrogens is 413 g/mol. The second-order valence-corrected chi connectivity index (χ2v) is 9.01. The number of guanidine groups is 1. The Morgan fingerprint density at radius 3 is 2.66 bits per heavy atom. The van der Waals surface area contributed by atoms with E-state index >= 15 is 0 Å². The van der Waals surface area contributed by atoms with Crippen molar-refractivity contribution in [2.24, 2.45) is 12.0 Å². The fraction of sp³-hybridized carbons (Fsp3) is 0.421. The molecule has 0 bridgehead atoms. The Labute approximate surface area is 176 Å². The molecule has 0 saturated heterocycles. The lowest BCUT2D eigenvalue weighted by molar-refractivity contribution is 0.580. The van der Waals surface area contributed by atoms with Gasteiger partial charge < -0.3 is 15.2 Å². The van der Waals surface area contributed by atoms with E-state index in [1.54, 1.807) is 54.0 Å². The van der Waals surface area contributed by atoms with E-state index in [0.717, 1.165) is 11.1 Å². The van der Waals surface area contributed by atoms with Gasteiger partial charge in [-0.15, -0.1) is 0 Å². The zero-order valence-corrected chi connectivity index (χ0v) is 18.5. The summed E-state index contributed by atoms with van der Waals surface area (Å²) < 4.78 is 42.2. The minimum atomic E-state index is -3.53. The van der Waals surface area contributed by atoms with Crippen LogP contribution in [0.1, 0.15) is 18.1 Å². The number of halogens is 1. The Kier molecular flexibility index (Phi) is 8.99. The molecular formula is C19H28FN5O2S2. The highest BCUT2D eigenvalue weighted by atomic mass is 32.2. The molecule has 3 N–H and O–H groups in total. The third-order valence-corrected chi connectivity index (χ3v) is 6.09. The number of thioether (sulfide) groups is 1. The number of rotatable bonds is 10. The molecule has 0 fully saturated rings. The molecule has 0 spiro atoms. The summed E-state index contributed by atoms with van der Waals surface area (Å²) in [5, 5.41) is 6.24. The van der Waals surface area contributed by atoms with Crippen molar-refractivity contribution >= 4 is 27.7 Å². The van der Waals surface area contributed by atoms with Gasteiger partial charge in [0, 0.05) is 44.8 Å². The lowest BCUT2D eigenvalue weighted by Gasteiger charge is -2.13. The van der Waals surface area contributed by atoms with E-state index in [0.29, 0.717) is 31.3 Å². The minimum Gasteiger partial charge on any atom is -0.357 e. The van der Waals surface area contributed by atoms with Crippen molar-refractivity contribution in [2.45, 2.75) is 24.1 Å². The predicted octanol–water partition coefficient (Wildman–Crippen LogP) is 2.06. The quantitative estimate of drug-likeness (QED) is 0.298. The Morgan fingerprint density at radius 2 is 2.00 bits per heavy atom. The van der Waals surface area contributed by atoms with Crippen LogP contribution in [0.4, 0.5) is 4.39 Å². The van der Waals surface area contributed by atoms with Gasteiger partial charge in [0.25, 0.3) is 0 Å². The summed E-state index contributed by atoms with van der Waals surface area (Å²) in [7, 11) is -1.76. The first-order valence-corrected chi connectivity index (χ1v) is 12.1. The van der Waals surface area contributed by atoms with Crippen molar-refractivity contribution in [3.8, 4) is 0 Å². The Balaban J connectivity index is 1.93. The molecule has 0 aliphatic rings. The fourth-order valence-electron chi connectivity index (χ4n) is 2.63. The van der Waals surface area contributed by atoms with Crippen LogP contribution >= 0.6 is 11.8 Å². The molecule has 1 aromatic heterocycles. The van der Waals surface area contributed by atoms with Crippen LogP contribution in [0.5, 0.6) is 0 Å². The highest BCUT2D eigenvalue weighted by Crippen LogP contribution is 2.17. The normalized spacial score (nSPS) is 12.2. The molecule has 0 atom stereocenters. The molecule has 0 radical (unpaired) electrons. The molecule has 0 amide bonds. The highest BCUT2D eigenvalue weighted by Gasteiger charge is 2.14. The van der Waals surface area contributed by atoms with Gasteiger partial charge in [-0.2, -0.15) is 11.8 Å². The number of nitrogens with zero attached hydrogens (tertiary/aromatic N) is 2. The van der Waals surface area contributed by atoms with Crippen LogP contribution in [0, 0.1) is 5.82 Å². The van der Waals surface area contributed by atoms with Crippen molar-refractivity contribution < 1.29 is 12.8 Å². The number of nitrogens with one attached hydrogen (secondary N) is 3. The summed E-state index contributed by atoms with van der Waals surface area (Å²) in [6.45, 7) is 3.62. The van der Waals surface area contributed by atoms with Gasteiger partial charge in [0.05, 0.1) is 11.4 Å². The molecule has 1 aromatic carbocycles.